The fourth-order valence-corrected chi connectivity index (χ4v) is 5.78. The fourth-order valence-electron chi connectivity index (χ4n) is 5.78. The molecule has 1 atom stereocenters. The molecule has 1 aromatic carbocycles. The van der Waals surface area contributed by atoms with Crippen LogP contribution >= 0.6 is 0 Å². The van der Waals surface area contributed by atoms with Gasteiger partial charge in [0.25, 0.3) is 5.56 Å². The number of methoxy groups -OCH3 is 1. The molecule has 282 valence electrons. The first kappa shape index (κ1) is 41.0. The second kappa shape index (κ2) is 18.7. The highest BCUT2D eigenvalue weighted by Gasteiger charge is 2.24. The van der Waals surface area contributed by atoms with E-state index in [4.69, 9.17) is 9.73 Å². The summed E-state index contributed by atoms with van der Waals surface area (Å²) in [6.07, 6.45) is 1.86. The number of rotatable bonds is 15. The van der Waals surface area contributed by atoms with Gasteiger partial charge in [0, 0.05) is 42.7 Å². The van der Waals surface area contributed by atoms with Crippen molar-refractivity contribution in [2.24, 2.45) is 16.3 Å². The number of likely N-dealkylation sites (N-methyl/N-ethyl adjacent to an activating group) is 1. The first-order chi connectivity index (χ1) is 24.5. The van der Waals surface area contributed by atoms with Crippen LogP contribution in [0.2, 0.25) is 0 Å². The van der Waals surface area contributed by atoms with Crippen LogP contribution < -0.4 is 31.7 Å². The van der Waals surface area contributed by atoms with Gasteiger partial charge in [-0.15, -0.1) is 0 Å². The largest absolute Gasteiger partial charge is 0.453 e. The first-order valence-electron chi connectivity index (χ1n) is 17.3. The van der Waals surface area contributed by atoms with Crippen molar-refractivity contribution in [1.82, 2.24) is 25.9 Å². The van der Waals surface area contributed by atoms with E-state index >= 15 is 0 Å². The summed E-state index contributed by atoms with van der Waals surface area (Å²) in [5, 5.41) is 10.7. The Kier molecular flexibility index (Phi) is 14.7. The van der Waals surface area contributed by atoms with E-state index in [1.165, 1.54) is 13.2 Å². The van der Waals surface area contributed by atoms with Gasteiger partial charge in [-0.05, 0) is 94.2 Å². The Labute approximate surface area is 304 Å². The number of anilines is 2. The van der Waals surface area contributed by atoms with Crippen molar-refractivity contribution < 1.29 is 28.7 Å². The van der Waals surface area contributed by atoms with Crippen molar-refractivity contribution in [2.45, 2.75) is 68.2 Å². The number of urea groups is 1. The molecule has 52 heavy (non-hydrogen) atoms. The van der Waals surface area contributed by atoms with Gasteiger partial charge in [-0.2, -0.15) is 4.98 Å². The quantitative estimate of drug-likeness (QED) is 0.149. The molecule has 5 N–H and O–H groups in total. The van der Waals surface area contributed by atoms with E-state index in [0.29, 0.717) is 55.3 Å². The molecule has 15 heteroatoms. The topological polar surface area (TPSA) is 196 Å². The molecule has 2 aromatic rings. The maximum absolute atomic E-state index is 12.6. The summed E-state index contributed by atoms with van der Waals surface area (Å²) in [6.45, 7) is 17.7. The summed E-state index contributed by atoms with van der Waals surface area (Å²) in [7, 11) is 1.23. The van der Waals surface area contributed by atoms with Crippen molar-refractivity contribution in [2.75, 3.05) is 50.1 Å². The first-order valence-corrected chi connectivity index (χ1v) is 17.3. The molecule has 0 radical (unpaired) electrons. The number of ether oxygens (including phenoxy) is 2. The zero-order valence-electron chi connectivity index (χ0n) is 31.6. The van der Waals surface area contributed by atoms with Gasteiger partial charge in [-0.1, -0.05) is 20.8 Å². The third-order valence-corrected chi connectivity index (χ3v) is 8.69. The lowest BCUT2D eigenvalue weighted by molar-refractivity contribution is -0.112. The number of carbonyl (C=O) groups excluding carboxylic acids is 4. The van der Waals surface area contributed by atoms with E-state index in [1.807, 2.05) is 45.9 Å². The minimum atomic E-state index is -0.730. The third-order valence-electron chi connectivity index (χ3n) is 8.69. The summed E-state index contributed by atoms with van der Waals surface area (Å²) >= 11 is 0. The Morgan fingerprint density at radius 1 is 1.02 bits per heavy atom. The second-order valence-corrected chi connectivity index (χ2v) is 13.7. The Balaban J connectivity index is 1.44. The maximum Gasteiger partial charge on any atom is 0.411 e. The zero-order valence-corrected chi connectivity index (χ0v) is 31.6. The highest BCUT2D eigenvalue weighted by atomic mass is 16.5. The van der Waals surface area contributed by atoms with Gasteiger partial charge < -0.3 is 30.0 Å². The van der Waals surface area contributed by atoms with Crippen LogP contribution in [0.4, 0.5) is 31.7 Å². The van der Waals surface area contributed by atoms with Crippen LogP contribution in [-0.4, -0.2) is 79.6 Å². The van der Waals surface area contributed by atoms with Crippen molar-refractivity contribution in [1.29, 1.82) is 0 Å². The molecule has 1 heterocycles. The molecule has 1 unspecified atom stereocenters. The predicted molar refractivity (Wildman–Crippen MR) is 201 cm³/mol. The van der Waals surface area contributed by atoms with Crippen LogP contribution in [-0.2, 0) is 14.3 Å². The molecule has 4 amide bonds. The Morgan fingerprint density at radius 3 is 2.40 bits per heavy atom. The van der Waals surface area contributed by atoms with Gasteiger partial charge in [-0.25, -0.2) is 19.4 Å². The molecule has 0 spiro atoms. The van der Waals surface area contributed by atoms with Gasteiger partial charge in [0.2, 0.25) is 11.7 Å². The molecule has 0 bridgehead atoms. The summed E-state index contributed by atoms with van der Waals surface area (Å²) < 4.78 is 10.1. The number of allylic oxidation sites excluding steroid dienone is 3. The van der Waals surface area contributed by atoms with Crippen molar-refractivity contribution in [3.8, 4) is 0 Å². The Morgan fingerprint density at radius 2 is 1.75 bits per heavy atom. The second-order valence-electron chi connectivity index (χ2n) is 13.7. The normalized spacial score (nSPS) is 14.4. The Bertz CT molecular complexity index is 1790. The fraction of sp³-hybridized carbons (Fsp3) is 0.486. The number of Topliss-reactive ketones (excluding diaryl/α,β-unsaturated/α-hetero) is 1. The molecule has 0 saturated carbocycles. The van der Waals surface area contributed by atoms with Crippen LogP contribution in [0.15, 0.2) is 57.0 Å². The lowest BCUT2D eigenvalue weighted by Crippen LogP contribution is -2.35. The monoisotopic (exact) mass is 720 g/mol. The van der Waals surface area contributed by atoms with E-state index in [9.17, 15) is 24.0 Å². The highest BCUT2D eigenvalue weighted by Crippen LogP contribution is 2.29. The Hall–Kier alpha value is -5.47. The number of alkyl carbamates (subject to hydrolysis) is 2. The number of aliphatic imine (C=N–C) groups is 1. The lowest BCUT2D eigenvalue weighted by atomic mass is 9.80. The van der Waals surface area contributed by atoms with Gasteiger partial charge >= 0.3 is 18.2 Å². The number of ketones is 1. The van der Waals surface area contributed by atoms with Gasteiger partial charge in [0.1, 0.15) is 6.61 Å². The third kappa shape index (κ3) is 12.4. The molecule has 1 aromatic heterocycles. The van der Waals surface area contributed by atoms with Crippen molar-refractivity contribution in [3.63, 3.8) is 0 Å². The molecule has 0 aliphatic heterocycles. The van der Waals surface area contributed by atoms with E-state index < -0.39 is 23.8 Å². The number of nitrogens with zero attached hydrogens (tertiary/aromatic N) is 3. The molecule has 1 aliphatic carbocycles. The summed E-state index contributed by atoms with van der Waals surface area (Å²) in [5.74, 6) is -0.0364. The SMILES string of the molecule is CCN(CCOC(=O)NCCC(C)(C)CC(C)CNC(=O)Nc1nc(=O)cc(C)[nH]1)c1ccc(/N=C2\C=C(NC(=O)OC)C(=O)C(C)=C2C)c(C)c1. The van der Waals surface area contributed by atoms with Gasteiger partial charge in [0.15, 0.2) is 0 Å². The van der Waals surface area contributed by atoms with Crippen molar-refractivity contribution >= 4 is 47.0 Å². The summed E-state index contributed by atoms with van der Waals surface area (Å²) in [6, 6.07) is 6.74. The van der Waals surface area contributed by atoms with Gasteiger partial charge in [-0.3, -0.25) is 20.2 Å². The van der Waals surface area contributed by atoms with Crippen LogP contribution in [0.25, 0.3) is 0 Å². The van der Waals surface area contributed by atoms with E-state index in [0.717, 1.165) is 23.2 Å². The number of H-pyrrole nitrogens is 1. The molecular formula is C37H52N8O7. The number of aromatic nitrogens is 2. The van der Waals surface area contributed by atoms with Crippen LogP contribution in [0.5, 0.6) is 0 Å². The van der Waals surface area contributed by atoms with Crippen LogP contribution in [0, 0.1) is 25.2 Å². The minimum absolute atomic E-state index is 0.0933. The number of benzene rings is 1. The molecule has 15 nitrogen and oxygen atoms in total. The predicted octanol–water partition coefficient (Wildman–Crippen LogP) is 5.43. The molecule has 0 fully saturated rings. The number of carbonyl (C=O) groups is 4. The number of hydrogen-bond donors (Lipinski definition) is 5. The van der Waals surface area contributed by atoms with E-state index in [-0.39, 0.29) is 35.4 Å². The van der Waals surface area contributed by atoms with E-state index in [1.54, 1.807) is 19.9 Å². The summed E-state index contributed by atoms with van der Waals surface area (Å²) in [4.78, 5) is 74.1. The van der Waals surface area contributed by atoms with E-state index in [2.05, 4.69) is 54.7 Å². The molecule has 0 saturated heterocycles. The van der Waals surface area contributed by atoms with Crippen LogP contribution in [0.1, 0.15) is 65.6 Å². The number of nitrogens with one attached hydrogen (secondary N) is 5. The summed E-state index contributed by atoms with van der Waals surface area (Å²) in [5.41, 5.74) is 4.52. The average Bonchev–Trinajstić information content (AvgIpc) is 3.06. The number of aromatic amines is 1. The average molecular weight is 721 g/mol. The number of hydrogen-bond acceptors (Lipinski definition) is 10. The highest BCUT2D eigenvalue weighted by molar-refractivity contribution is 6.25. The number of amides is 4. The lowest BCUT2D eigenvalue weighted by Gasteiger charge is -2.28. The maximum atomic E-state index is 12.6. The molecule has 1 aliphatic rings. The molecule has 3 rings (SSSR count). The molecular weight excluding hydrogens is 668 g/mol. The standard InChI is InChI=1S/C37H52N8O7/c1-10-45(27-11-12-28(23(3)17-27)41-29-19-30(42-36(50)51-9)32(47)26(6)25(29)5)15-16-52-35(49)38-14-13-37(7,8)20-22(2)21-39-34(48)44-33-40-24(4)18-31(46)43-33/h11-12,17-19,22H,10,13-16,20-21H2,1-9H3,(H,38,49)(H,42,50)(H3,39,40,43,44,46,48)/b41-29+. The zero-order chi connectivity index (χ0) is 38.6. The van der Waals surface area contributed by atoms with Gasteiger partial charge in [0.05, 0.1) is 30.8 Å². The smallest absolute Gasteiger partial charge is 0.411 e. The number of aryl methyl sites for hydroxylation is 2. The minimum Gasteiger partial charge on any atom is -0.453 e. The van der Waals surface area contributed by atoms with Crippen molar-refractivity contribution in [3.05, 3.63) is 68.8 Å². The van der Waals surface area contributed by atoms with Crippen LogP contribution in [0.3, 0.4) is 0 Å².